The molecule has 4 aromatic rings. The summed E-state index contributed by atoms with van der Waals surface area (Å²) in [5.74, 6) is -1.66. The van der Waals surface area contributed by atoms with Gasteiger partial charge in [-0.05, 0) is 65.3 Å². The number of thiazole rings is 1. The van der Waals surface area contributed by atoms with Crippen molar-refractivity contribution in [3.8, 4) is 22.9 Å². The first-order chi connectivity index (χ1) is 31.9. The van der Waals surface area contributed by atoms with Crippen LogP contribution in [0.4, 0.5) is 15.6 Å². The lowest BCUT2D eigenvalue weighted by molar-refractivity contribution is -0.142. The number of carbonyl (C=O) groups excluding carboxylic acids is 4. The van der Waals surface area contributed by atoms with Gasteiger partial charge in [-0.1, -0.05) is 18.2 Å². The Bertz CT molecular complexity index is 2550. The quantitative estimate of drug-likeness (QED) is 0.0431. The molecule has 4 N–H and O–H groups in total. The van der Waals surface area contributed by atoms with Crippen molar-refractivity contribution < 1.29 is 56.0 Å². The number of hydrogen-bond acceptors (Lipinski definition) is 17. The van der Waals surface area contributed by atoms with Gasteiger partial charge in [0.05, 0.1) is 70.5 Å². The molecule has 2 fully saturated rings. The van der Waals surface area contributed by atoms with E-state index in [-0.39, 0.29) is 81.4 Å². The van der Waals surface area contributed by atoms with Crippen LogP contribution in [0.3, 0.4) is 0 Å². The van der Waals surface area contributed by atoms with Crippen molar-refractivity contribution in [2.75, 3.05) is 64.4 Å². The highest BCUT2D eigenvalue weighted by Gasteiger charge is 2.61. The maximum Gasteiger partial charge on any atom is 0.411 e. The van der Waals surface area contributed by atoms with E-state index in [0.717, 1.165) is 5.13 Å². The molecule has 19 nitrogen and oxygen atoms in total. The lowest BCUT2D eigenvalue weighted by Crippen LogP contribution is -2.56. The number of sulfonamides is 1. The van der Waals surface area contributed by atoms with Crippen LogP contribution in [0.5, 0.6) is 11.5 Å². The number of methoxy groups -OCH3 is 2. The third-order valence-corrected chi connectivity index (χ3v) is 12.9. The Morgan fingerprint density at radius 3 is 2.43 bits per heavy atom. The second-order valence-corrected chi connectivity index (χ2v) is 19.8. The Balaban J connectivity index is 1.17. The van der Waals surface area contributed by atoms with Gasteiger partial charge < -0.3 is 44.4 Å². The van der Waals surface area contributed by atoms with E-state index in [4.69, 9.17) is 33.7 Å². The van der Waals surface area contributed by atoms with Gasteiger partial charge in [0.15, 0.2) is 5.13 Å². The molecule has 4 atom stereocenters. The third kappa shape index (κ3) is 12.9. The number of rotatable bonds is 22. The van der Waals surface area contributed by atoms with Crippen LogP contribution in [0, 0.1) is 5.92 Å². The molecule has 362 valence electrons. The van der Waals surface area contributed by atoms with Gasteiger partial charge in [-0.2, -0.15) is 0 Å². The molecule has 1 aliphatic heterocycles. The average molecular weight is 966 g/mol. The molecule has 6 rings (SSSR count). The molecule has 1 aliphatic carbocycles. The monoisotopic (exact) mass is 965 g/mol. The molecule has 3 heterocycles. The van der Waals surface area contributed by atoms with Gasteiger partial charge in [0.25, 0.3) is 15.9 Å². The van der Waals surface area contributed by atoms with Gasteiger partial charge >= 0.3 is 12.1 Å². The number of likely N-dealkylation sites (tertiary alicyclic amines) is 1. The number of anilines is 2. The van der Waals surface area contributed by atoms with Crippen molar-refractivity contribution in [2.24, 2.45) is 5.92 Å². The van der Waals surface area contributed by atoms with Crippen molar-refractivity contribution in [3.05, 3.63) is 66.6 Å². The number of hydrogen-bond donors (Lipinski definition) is 4. The van der Waals surface area contributed by atoms with Gasteiger partial charge in [-0.25, -0.2) is 27.9 Å². The van der Waals surface area contributed by atoms with Gasteiger partial charge in [0.1, 0.15) is 45.4 Å². The first-order valence-electron chi connectivity index (χ1n) is 21.8. The Morgan fingerprint density at radius 2 is 1.75 bits per heavy atom. The van der Waals surface area contributed by atoms with Crippen LogP contribution in [0.1, 0.15) is 53.9 Å². The molecule has 0 radical (unpaired) electrons. The van der Waals surface area contributed by atoms with E-state index in [1.54, 1.807) is 58.2 Å². The average Bonchev–Trinajstić information content (AvgIpc) is 3.54. The number of aromatic nitrogens is 2. The van der Waals surface area contributed by atoms with Crippen molar-refractivity contribution in [2.45, 2.75) is 88.1 Å². The van der Waals surface area contributed by atoms with Crippen LogP contribution >= 0.6 is 11.3 Å². The summed E-state index contributed by atoms with van der Waals surface area (Å²) in [4.78, 5) is 64.2. The van der Waals surface area contributed by atoms with Crippen LogP contribution in [0.25, 0.3) is 22.3 Å². The summed E-state index contributed by atoms with van der Waals surface area (Å²) in [6.45, 7) is 14.0. The van der Waals surface area contributed by atoms with Crippen molar-refractivity contribution in [3.63, 3.8) is 0 Å². The molecule has 3 amide bonds. The van der Waals surface area contributed by atoms with Crippen molar-refractivity contribution in [1.29, 1.82) is 0 Å². The van der Waals surface area contributed by atoms with E-state index < -0.39 is 57.1 Å². The van der Waals surface area contributed by atoms with Crippen LogP contribution in [0.15, 0.2) is 71.5 Å². The smallest absolute Gasteiger partial charge is 0.411 e. The number of esters is 1. The topological polar surface area (TPSA) is 235 Å². The highest BCUT2D eigenvalue weighted by Crippen LogP contribution is 2.45. The third-order valence-electron chi connectivity index (χ3n) is 10.7. The summed E-state index contributed by atoms with van der Waals surface area (Å²) in [5.41, 5.74) is -0.664. The number of pyridine rings is 1. The molecule has 0 spiro atoms. The number of benzene rings is 2. The van der Waals surface area contributed by atoms with E-state index in [9.17, 15) is 27.6 Å². The predicted octanol–water partition coefficient (Wildman–Crippen LogP) is 5.52. The van der Waals surface area contributed by atoms with E-state index in [2.05, 4.69) is 32.0 Å². The van der Waals surface area contributed by atoms with Crippen LogP contribution in [0.2, 0.25) is 0 Å². The molecule has 21 heteroatoms. The summed E-state index contributed by atoms with van der Waals surface area (Å²) >= 11 is 1.44. The predicted molar refractivity (Wildman–Crippen MR) is 252 cm³/mol. The van der Waals surface area contributed by atoms with Gasteiger partial charge in [-0.15, -0.1) is 17.9 Å². The molecule has 1 saturated heterocycles. The minimum atomic E-state index is -4.50. The number of nitrogens with zero attached hydrogens (tertiary/aromatic N) is 3. The summed E-state index contributed by atoms with van der Waals surface area (Å²) < 4.78 is 63.3. The zero-order chi connectivity index (χ0) is 48.5. The van der Waals surface area contributed by atoms with Crippen LogP contribution < -0.4 is 30.1 Å². The number of fused-ring (bicyclic) bond motifs is 1. The minimum Gasteiger partial charge on any atom is -0.497 e. The number of nitrogens with one attached hydrogen (secondary N) is 4. The summed E-state index contributed by atoms with van der Waals surface area (Å²) in [6, 6.07) is 12.2. The molecule has 2 aliphatic rings. The van der Waals surface area contributed by atoms with Gasteiger partial charge in [0, 0.05) is 47.8 Å². The first-order valence-corrected chi connectivity index (χ1v) is 24.2. The molecule has 0 bridgehead atoms. The van der Waals surface area contributed by atoms with E-state index >= 15 is 0 Å². The molecule has 1 saturated carbocycles. The lowest BCUT2D eigenvalue weighted by atomic mass is 10.1. The first kappa shape index (κ1) is 50.4. The lowest BCUT2D eigenvalue weighted by Gasteiger charge is -2.29. The second kappa shape index (κ2) is 21.7. The Morgan fingerprint density at radius 1 is 1.00 bits per heavy atom. The minimum absolute atomic E-state index is 0.000525. The summed E-state index contributed by atoms with van der Waals surface area (Å²) in [5, 5.41) is 12.4. The normalized spacial score (nSPS) is 19.1. The standard InChI is InChI=1S/C46H59N7O12S2/c1-9-29-25-46(29,42(56)52-67(58,59)39-13-11-10-12-33(39)47-17-19-63-21-20-62-18-16-40(54)61-8)51-41(55)37-23-31(26-53(37)44(57)65-45(4,5)6)64-38-24-35(36-27-66-43(50-36)48-28(2)3)49-34-22-30(60-7)14-15-32(34)38/h9-15,22,24,27-29,31,37,47H,1,16-21,23,25-26H2,2-8H3,(H,48,50)(H,51,55)(H,52,56)/t29?,31-,37+,46?/m1/s1. The SMILES string of the molecule is C=CC1CC1(NC(=O)[C@@H]1C[C@@H](Oc2cc(-c3csc(NC(C)C)n3)nc3cc(OC)ccc23)CN1C(=O)OC(C)(C)C)C(=O)NS(=O)(=O)c1ccccc1NCCOCCOCCC(=O)OC. The van der Waals surface area contributed by atoms with Crippen molar-refractivity contribution in [1.82, 2.24) is 24.9 Å². The molecule has 2 aromatic carbocycles. The fourth-order valence-electron chi connectivity index (χ4n) is 7.36. The van der Waals surface area contributed by atoms with Crippen molar-refractivity contribution >= 4 is 67.0 Å². The molecular weight excluding hydrogens is 907 g/mol. The second-order valence-electron chi connectivity index (χ2n) is 17.3. The van der Waals surface area contributed by atoms with Gasteiger partial charge in [-0.3, -0.25) is 19.3 Å². The number of para-hydroxylation sites is 1. The zero-order valence-corrected chi connectivity index (χ0v) is 40.3. The molecular formula is C46H59N7O12S2. The van der Waals surface area contributed by atoms with Gasteiger partial charge in [0.2, 0.25) is 5.91 Å². The molecule has 67 heavy (non-hydrogen) atoms. The van der Waals surface area contributed by atoms with Crippen LogP contribution in [-0.2, 0) is 43.4 Å². The number of amides is 3. The fraction of sp³-hybridized carbons (Fsp3) is 0.478. The summed E-state index contributed by atoms with van der Waals surface area (Å²) in [7, 11) is -1.64. The maximum atomic E-state index is 14.5. The highest BCUT2D eigenvalue weighted by molar-refractivity contribution is 7.90. The van der Waals surface area contributed by atoms with E-state index in [0.29, 0.717) is 33.8 Å². The van der Waals surface area contributed by atoms with Crippen LogP contribution in [-0.4, -0.2) is 130 Å². The Kier molecular flexibility index (Phi) is 16.3. The summed E-state index contributed by atoms with van der Waals surface area (Å²) in [6.07, 6.45) is 0.155. The zero-order valence-electron chi connectivity index (χ0n) is 38.7. The largest absolute Gasteiger partial charge is 0.497 e. The molecule has 2 unspecified atom stereocenters. The van der Waals surface area contributed by atoms with E-state index in [1.807, 2.05) is 25.3 Å². The molecule has 2 aromatic heterocycles. The maximum absolute atomic E-state index is 14.5. The highest BCUT2D eigenvalue weighted by atomic mass is 32.2. The number of carbonyl (C=O) groups is 4. The Hall–Kier alpha value is -6.03. The Labute approximate surface area is 394 Å². The number of ether oxygens (including phenoxy) is 6. The fourth-order valence-corrected chi connectivity index (χ4v) is 9.43. The van der Waals surface area contributed by atoms with E-state index in [1.165, 1.54) is 41.6 Å².